The fourth-order valence-electron chi connectivity index (χ4n) is 5.64. The molecule has 11 nitrogen and oxygen atoms in total. The maximum atomic E-state index is 13.7. The smallest absolute Gasteiger partial charge is 0.290 e. The minimum atomic E-state index is -1.26. The van der Waals surface area contributed by atoms with E-state index in [1.165, 1.54) is 6.92 Å². The van der Waals surface area contributed by atoms with Gasteiger partial charge in [-0.05, 0) is 46.7 Å². The van der Waals surface area contributed by atoms with Gasteiger partial charge in [0.25, 0.3) is 5.91 Å². The van der Waals surface area contributed by atoms with Crippen LogP contribution in [0.5, 0.6) is 0 Å². The molecule has 4 aromatic rings. The van der Waals surface area contributed by atoms with Crippen LogP contribution in [-0.4, -0.2) is 60.0 Å². The van der Waals surface area contributed by atoms with Gasteiger partial charge in [-0.1, -0.05) is 117 Å². The summed E-state index contributed by atoms with van der Waals surface area (Å²) in [5.74, 6) is -5.26. The molecule has 5 amide bonds. The van der Waals surface area contributed by atoms with Gasteiger partial charge in [0.05, 0.1) is 18.5 Å². The van der Waals surface area contributed by atoms with Crippen molar-refractivity contribution in [2.75, 3.05) is 6.54 Å². The first-order valence-electron chi connectivity index (χ1n) is 16.5. The number of hydrogen-bond donors (Lipinski definition) is 5. The lowest BCUT2D eigenvalue weighted by Gasteiger charge is -2.25. The number of ketones is 1. The number of rotatable bonds is 16. The first-order chi connectivity index (χ1) is 23.9. The Morgan fingerprint density at radius 1 is 0.640 bits per heavy atom. The van der Waals surface area contributed by atoms with Crippen molar-refractivity contribution in [2.24, 2.45) is 11.7 Å². The van der Waals surface area contributed by atoms with Gasteiger partial charge in [0.1, 0.15) is 12.1 Å². The Labute approximate surface area is 291 Å². The molecule has 6 N–H and O–H groups in total. The fraction of sp³-hybridized carbons (Fsp3) is 0.282. The summed E-state index contributed by atoms with van der Waals surface area (Å²) in [6, 6.07) is 28.4. The van der Waals surface area contributed by atoms with Crippen molar-refractivity contribution < 1.29 is 28.8 Å². The predicted molar refractivity (Wildman–Crippen MR) is 191 cm³/mol. The Hall–Kier alpha value is -5.84. The van der Waals surface area contributed by atoms with Gasteiger partial charge in [-0.2, -0.15) is 0 Å². The zero-order chi connectivity index (χ0) is 36.2. The van der Waals surface area contributed by atoms with E-state index in [9.17, 15) is 28.8 Å². The molecule has 2 unspecified atom stereocenters. The highest BCUT2D eigenvalue weighted by Gasteiger charge is 2.31. The molecule has 4 rings (SSSR count). The molecule has 50 heavy (non-hydrogen) atoms. The highest BCUT2D eigenvalue weighted by molar-refractivity contribution is 6.38. The third-order valence-corrected chi connectivity index (χ3v) is 8.19. The molecule has 0 aliphatic heterocycles. The standard InChI is InChI=1S/C39H43N5O6/c1-24(2)20-32(44-38(49)34(28-13-6-4-7-14-28)29-15-8-5-9-16-29)37(48)42-25(3)35(46)39(50)41-23-33(45)43-31(36(40)47)22-26-18-19-27-12-10-11-17-30(27)21-26/h4-19,21,24-25,31-32,34H,20,22-23H2,1-3H3,(H2,40,47)(H,41,50)(H,42,48)(H,43,45)(H,44,49)/t25?,31?,32-/m0/s1. The zero-order valence-electron chi connectivity index (χ0n) is 28.3. The van der Waals surface area contributed by atoms with Gasteiger partial charge in [0.2, 0.25) is 29.4 Å². The number of fused-ring (bicyclic) bond motifs is 1. The summed E-state index contributed by atoms with van der Waals surface area (Å²) in [7, 11) is 0. The van der Waals surface area contributed by atoms with Gasteiger partial charge in [0, 0.05) is 6.42 Å². The second kappa shape index (κ2) is 17.5. The zero-order valence-corrected chi connectivity index (χ0v) is 28.3. The van der Waals surface area contributed by atoms with Crippen LogP contribution in [0, 0.1) is 5.92 Å². The Bertz CT molecular complexity index is 1790. The van der Waals surface area contributed by atoms with E-state index in [-0.39, 0.29) is 24.7 Å². The van der Waals surface area contributed by atoms with E-state index >= 15 is 0 Å². The van der Waals surface area contributed by atoms with Gasteiger partial charge in [-0.3, -0.25) is 28.8 Å². The van der Waals surface area contributed by atoms with Crippen LogP contribution in [0.2, 0.25) is 0 Å². The number of amides is 5. The average molecular weight is 678 g/mol. The van der Waals surface area contributed by atoms with E-state index in [1.807, 2.05) is 117 Å². The second-order valence-electron chi connectivity index (χ2n) is 12.6. The Kier molecular flexibility index (Phi) is 13.0. The van der Waals surface area contributed by atoms with Gasteiger partial charge in [0.15, 0.2) is 0 Å². The third kappa shape index (κ3) is 10.3. The lowest BCUT2D eigenvalue weighted by molar-refractivity contribution is -0.140. The van der Waals surface area contributed by atoms with Gasteiger partial charge < -0.3 is 27.0 Å². The molecule has 0 heterocycles. The van der Waals surface area contributed by atoms with Crippen LogP contribution >= 0.6 is 0 Å². The molecule has 0 saturated heterocycles. The van der Waals surface area contributed by atoms with Gasteiger partial charge in [-0.15, -0.1) is 0 Å². The molecule has 0 aromatic heterocycles. The van der Waals surface area contributed by atoms with Crippen LogP contribution in [0.25, 0.3) is 10.8 Å². The molecular weight excluding hydrogens is 634 g/mol. The number of Topliss-reactive ketones (excluding diaryl/α,β-unsaturated/α-hetero) is 1. The Morgan fingerprint density at radius 3 is 1.80 bits per heavy atom. The quantitative estimate of drug-likeness (QED) is 0.114. The van der Waals surface area contributed by atoms with Crippen molar-refractivity contribution in [1.29, 1.82) is 0 Å². The molecule has 260 valence electrons. The number of nitrogens with two attached hydrogens (primary N) is 1. The summed E-state index contributed by atoms with van der Waals surface area (Å²) in [5, 5.41) is 12.1. The number of benzene rings is 4. The molecule has 3 atom stereocenters. The fourth-order valence-corrected chi connectivity index (χ4v) is 5.64. The monoisotopic (exact) mass is 677 g/mol. The van der Waals surface area contributed by atoms with Crippen LogP contribution < -0.4 is 27.0 Å². The van der Waals surface area contributed by atoms with Crippen LogP contribution in [0.15, 0.2) is 103 Å². The molecule has 0 aliphatic carbocycles. The van der Waals surface area contributed by atoms with Crippen molar-refractivity contribution in [3.05, 3.63) is 120 Å². The lowest BCUT2D eigenvalue weighted by atomic mass is 9.90. The summed E-state index contributed by atoms with van der Waals surface area (Å²) < 4.78 is 0. The topological polar surface area (TPSA) is 177 Å². The molecular formula is C39H43N5O6. The van der Waals surface area contributed by atoms with E-state index in [0.717, 1.165) is 27.5 Å². The number of hydrogen-bond acceptors (Lipinski definition) is 6. The summed E-state index contributed by atoms with van der Waals surface area (Å²) in [4.78, 5) is 77.4. The third-order valence-electron chi connectivity index (χ3n) is 8.19. The summed E-state index contributed by atoms with van der Waals surface area (Å²) in [5.41, 5.74) is 7.81. The number of primary amides is 1. The van der Waals surface area contributed by atoms with Crippen molar-refractivity contribution >= 4 is 46.1 Å². The minimum Gasteiger partial charge on any atom is -0.368 e. The highest BCUT2D eigenvalue weighted by atomic mass is 16.2. The molecule has 0 radical (unpaired) electrons. The Balaban J connectivity index is 1.33. The van der Waals surface area contributed by atoms with Crippen LogP contribution in [0.3, 0.4) is 0 Å². The van der Waals surface area contributed by atoms with E-state index in [0.29, 0.717) is 0 Å². The second-order valence-corrected chi connectivity index (χ2v) is 12.6. The molecule has 0 fully saturated rings. The molecule has 0 spiro atoms. The molecule has 0 bridgehead atoms. The number of carbonyl (C=O) groups excluding carboxylic acids is 6. The lowest BCUT2D eigenvalue weighted by Crippen LogP contribution is -2.54. The molecule has 0 aliphatic rings. The average Bonchev–Trinajstić information content (AvgIpc) is 3.10. The maximum Gasteiger partial charge on any atom is 0.290 e. The van der Waals surface area contributed by atoms with Crippen molar-refractivity contribution in [3.8, 4) is 0 Å². The first kappa shape index (κ1) is 37.0. The molecule has 0 saturated carbocycles. The van der Waals surface area contributed by atoms with Gasteiger partial charge >= 0.3 is 0 Å². The van der Waals surface area contributed by atoms with Gasteiger partial charge in [-0.25, -0.2) is 0 Å². The number of nitrogens with one attached hydrogen (secondary N) is 4. The van der Waals surface area contributed by atoms with Crippen molar-refractivity contribution in [1.82, 2.24) is 21.3 Å². The minimum absolute atomic E-state index is 0.0104. The maximum absolute atomic E-state index is 13.7. The SMILES string of the molecule is CC(C)C[C@H](NC(=O)C(c1ccccc1)c1ccccc1)C(=O)NC(C)C(=O)C(=O)NCC(=O)NC(Cc1ccc2ccccc2c1)C(N)=O. The molecule has 11 heteroatoms. The largest absolute Gasteiger partial charge is 0.368 e. The summed E-state index contributed by atoms with van der Waals surface area (Å²) >= 11 is 0. The van der Waals surface area contributed by atoms with Crippen LogP contribution in [0.4, 0.5) is 0 Å². The predicted octanol–water partition coefficient (Wildman–Crippen LogP) is 2.91. The van der Waals surface area contributed by atoms with Crippen LogP contribution in [-0.2, 0) is 35.2 Å². The summed E-state index contributed by atoms with van der Waals surface area (Å²) in [6.07, 6.45) is 0.411. The van der Waals surface area contributed by atoms with E-state index in [1.54, 1.807) is 0 Å². The van der Waals surface area contributed by atoms with Crippen LogP contribution in [0.1, 0.15) is 49.8 Å². The Morgan fingerprint density at radius 2 is 1.22 bits per heavy atom. The highest BCUT2D eigenvalue weighted by Crippen LogP contribution is 2.25. The number of carbonyl (C=O) groups is 6. The van der Waals surface area contributed by atoms with E-state index in [2.05, 4.69) is 21.3 Å². The van der Waals surface area contributed by atoms with E-state index in [4.69, 9.17) is 5.73 Å². The normalized spacial score (nSPS) is 12.8. The van der Waals surface area contributed by atoms with Crippen molar-refractivity contribution in [3.63, 3.8) is 0 Å². The molecule has 4 aromatic carbocycles. The van der Waals surface area contributed by atoms with E-state index < -0.39 is 60.0 Å². The van der Waals surface area contributed by atoms with Crippen molar-refractivity contribution in [2.45, 2.75) is 57.7 Å². The first-order valence-corrected chi connectivity index (χ1v) is 16.5. The summed E-state index contributed by atoms with van der Waals surface area (Å²) in [6.45, 7) is 4.54.